The average Bonchev–Trinajstić information content (AvgIpc) is 3.88. The van der Waals surface area contributed by atoms with Gasteiger partial charge in [-0.25, -0.2) is 13.6 Å². The molecule has 3 aromatic rings. The molecule has 1 aliphatic carbocycles. The van der Waals surface area contributed by atoms with Crippen LogP contribution in [0.3, 0.4) is 0 Å². The number of fused-ring (bicyclic) bond motifs is 2. The fourth-order valence-electron chi connectivity index (χ4n) is 6.72. The number of aryl methyl sites for hydroxylation is 2. The number of carboxylic acid groups (broad SMARTS) is 1. The number of benzene rings is 3. The van der Waals surface area contributed by atoms with E-state index in [1.54, 1.807) is 0 Å². The largest absolute Gasteiger partial charge is 0.488 e. The van der Waals surface area contributed by atoms with Crippen molar-refractivity contribution >= 4 is 17.6 Å². The van der Waals surface area contributed by atoms with E-state index in [1.165, 1.54) is 16.0 Å². The Morgan fingerprint density at radius 2 is 1.72 bits per heavy atom. The molecule has 7 nitrogen and oxygen atoms in total. The maximum atomic E-state index is 14.5. The summed E-state index contributed by atoms with van der Waals surface area (Å²) in [7, 11) is 0. The van der Waals surface area contributed by atoms with Gasteiger partial charge in [0.1, 0.15) is 0 Å². The molecule has 2 aliphatic heterocycles. The molecule has 2 amide bonds. The second-order valence-electron chi connectivity index (χ2n) is 12.3. The van der Waals surface area contributed by atoms with E-state index in [0.717, 1.165) is 48.1 Å². The first-order valence-corrected chi connectivity index (χ1v) is 15.9. The topological polar surface area (TPSA) is 82.1 Å². The molecule has 3 aliphatic rings. The number of amides is 2. The van der Waals surface area contributed by atoms with Crippen molar-refractivity contribution < 1.29 is 32.6 Å². The van der Waals surface area contributed by atoms with Crippen LogP contribution in [0, 0.1) is 24.4 Å². The van der Waals surface area contributed by atoms with Gasteiger partial charge < -0.3 is 20.1 Å². The number of carbonyl (C=O) groups excluding carboxylic acids is 1. The molecule has 6 rings (SSSR count). The zero-order valence-electron chi connectivity index (χ0n) is 25.8. The van der Waals surface area contributed by atoms with Crippen LogP contribution in [0.15, 0.2) is 66.2 Å². The summed E-state index contributed by atoms with van der Waals surface area (Å²) in [5.74, 6) is -4.27. The second-order valence-corrected chi connectivity index (χ2v) is 12.3. The SMILES string of the molecule is Cc1ccccc1CCN(C(=O)C1=C(c2ccc(CCCOc3c(F)ccc(F)c3F)cc2)C[C@@H]2CNC[C@H]1N2C(=O)O)C1CC1. The molecular formula is C36H38F3N3O4. The molecule has 0 unspecified atom stereocenters. The summed E-state index contributed by atoms with van der Waals surface area (Å²) < 4.78 is 46.4. The quantitative estimate of drug-likeness (QED) is 0.196. The van der Waals surface area contributed by atoms with Crippen LogP contribution in [0.4, 0.5) is 18.0 Å². The smallest absolute Gasteiger partial charge is 0.408 e. The minimum atomic E-state index is -1.34. The van der Waals surface area contributed by atoms with Crippen molar-refractivity contribution in [3.63, 3.8) is 0 Å². The minimum Gasteiger partial charge on any atom is -0.488 e. The monoisotopic (exact) mass is 633 g/mol. The number of ether oxygens (including phenoxy) is 1. The van der Waals surface area contributed by atoms with E-state index < -0.39 is 35.3 Å². The van der Waals surface area contributed by atoms with Crippen molar-refractivity contribution in [1.82, 2.24) is 15.1 Å². The number of hydrogen-bond donors (Lipinski definition) is 2. The van der Waals surface area contributed by atoms with E-state index in [9.17, 15) is 27.9 Å². The highest BCUT2D eigenvalue weighted by Gasteiger charge is 2.46. The predicted octanol–water partition coefficient (Wildman–Crippen LogP) is 6.14. The molecule has 0 aromatic heterocycles. The standard InChI is InChI=1S/C36H38F3N3O4/c1-22-5-2-3-7-24(22)16-17-41(26-12-13-26)35(43)32-28(19-27-20-40-21-31(32)42(27)36(44)45)25-10-8-23(9-11-25)6-4-18-46-34-30(38)15-14-29(37)33(34)39/h2-3,5,7-11,14-15,26-27,31,40H,4,6,12-13,16-21H2,1H3,(H,44,45)/t27-,31-/m1/s1. The first-order valence-electron chi connectivity index (χ1n) is 15.9. The summed E-state index contributed by atoms with van der Waals surface area (Å²) in [5, 5.41) is 13.5. The van der Waals surface area contributed by atoms with E-state index in [4.69, 9.17) is 4.74 Å². The third-order valence-electron chi connectivity index (χ3n) is 9.29. The van der Waals surface area contributed by atoms with Crippen LogP contribution in [-0.4, -0.2) is 71.3 Å². The van der Waals surface area contributed by atoms with Crippen molar-refractivity contribution in [2.24, 2.45) is 0 Å². The molecule has 1 saturated carbocycles. The summed E-state index contributed by atoms with van der Waals surface area (Å²) in [6.07, 6.45) is 3.00. The van der Waals surface area contributed by atoms with Crippen LogP contribution in [0.5, 0.6) is 5.75 Å². The van der Waals surface area contributed by atoms with Gasteiger partial charge in [-0.05, 0) is 85.4 Å². The van der Waals surface area contributed by atoms with Crippen LogP contribution in [0.1, 0.15) is 47.9 Å². The molecule has 10 heteroatoms. The van der Waals surface area contributed by atoms with Crippen LogP contribution in [0.2, 0.25) is 0 Å². The van der Waals surface area contributed by atoms with E-state index in [0.29, 0.717) is 44.5 Å². The Kier molecular flexibility index (Phi) is 9.35. The Hall–Kier alpha value is -4.31. The van der Waals surface area contributed by atoms with Gasteiger partial charge in [-0.2, -0.15) is 4.39 Å². The van der Waals surface area contributed by atoms with Crippen molar-refractivity contribution in [3.8, 4) is 5.75 Å². The lowest BCUT2D eigenvalue weighted by Gasteiger charge is -2.47. The van der Waals surface area contributed by atoms with Gasteiger partial charge in [0.05, 0.1) is 18.7 Å². The molecule has 2 bridgehead atoms. The number of piperazine rings is 1. The lowest BCUT2D eigenvalue weighted by atomic mass is 9.81. The maximum Gasteiger partial charge on any atom is 0.408 e. The lowest BCUT2D eigenvalue weighted by molar-refractivity contribution is -0.128. The number of nitrogens with one attached hydrogen (secondary N) is 1. The predicted molar refractivity (Wildman–Crippen MR) is 168 cm³/mol. The molecule has 3 aromatic carbocycles. The van der Waals surface area contributed by atoms with Gasteiger partial charge in [-0.1, -0.05) is 48.5 Å². The Morgan fingerprint density at radius 3 is 2.43 bits per heavy atom. The van der Waals surface area contributed by atoms with Gasteiger partial charge in [0.25, 0.3) is 5.91 Å². The summed E-state index contributed by atoms with van der Waals surface area (Å²) in [4.78, 5) is 30.3. The van der Waals surface area contributed by atoms with Gasteiger partial charge in [-0.15, -0.1) is 0 Å². The molecule has 0 spiro atoms. The molecule has 2 fully saturated rings. The maximum absolute atomic E-state index is 14.5. The first-order chi connectivity index (χ1) is 22.2. The highest BCUT2D eigenvalue weighted by Crippen LogP contribution is 2.39. The van der Waals surface area contributed by atoms with E-state index in [2.05, 4.69) is 24.4 Å². The molecule has 242 valence electrons. The van der Waals surface area contributed by atoms with Crippen LogP contribution < -0.4 is 10.1 Å². The lowest BCUT2D eigenvalue weighted by Crippen LogP contribution is -2.63. The van der Waals surface area contributed by atoms with Crippen LogP contribution in [-0.2, 0) is 17.6 Å². The molecule has 46 heavy (non-hydrogen) atoms. The van der Waals surface area contributed by atoms with Gasteiger partial charge in [-0.3, -0.25) is 9.69 Å². The van der Waals surface area contributed by atoms with Crippen LogP contribution in [0.25, 0.3) is 5.57 Å². The molecule has 2 heterocycles. The normalized spacial score (nSPS) is 19.3. The van der Waals surface area contributed by atoms with Crippen molar-refractivity contribution in [3.05, 3.63) is 106 Å². The average molecular weight is 634 g/mol. The zero-order chi connectivity index (χ0) is 32.4. The van der Waals surface area contributed by atoms with E-state index >= 15 is 0 Å². The second kappa shape index (κ2) is 13.6. The number of rotatable bonds is 11. The highest BCUT2D eigenvalue weighted by atomic mass is 19.2. The van der Waals surface area contributed by atoms with Gasteiger partial charge in [0, 0.05) is 31.2 Å². The van der Waals surface area contributed by atoms with Gasteiger partial charge >= 0.3 is 6.09 Å². The third kappa shape index (κ3) is 6.63. The number of nitrogens with zero attached hydrogens (tertiary/aromatic N) is 2. The van der Waals surface area contributed by atoms with Gasteiger partial charge in [0.15, 0.2) is 17.4 Å². The Morgan fingerprint density at radius 1 is 0.978 bits per heavy atom. The van der Waals surface area contributed by atoms with Gasteiger partial charge in [0.2, 0.25) is 5.82 Å². The number of carbonyl (C=O) groups is 2. The summed E-state index contributed by atoms with van der Waals surface area (Å²) in [6, 6.07) is 16.8. The van der Waals surface area contributed by atoms with Crippen molar-refractivity contribution in [1.29, 1.82) is 0 Å². The summed E-state index contributed by atoms with van der Waals surface area (Å²) >= 11 is 0. The number of hydrogen-bond acceptors (Lipinski definition) is 4. The molecule has 0 radical (unpaired) electrons. The Labute approximate surface area is 266 Å². The molecule has 1 saturated heterocycles. The third-order valence-corrected chi connectivity index (χ3v) is 9.29. The van der Waals surface area contributed by atoms with E-state index in [1.807, 2.05) is 41.3 Å². The first kappa shape index (κ1) is 31.7. The minimum absolute atomic E-state index is 0.00371. The molecular weight excluding hydrogens is 595 g/mol. The Balaban J connectivity index is 1.23. The zero-order valence-corrected chi connectivity index (χ0v) is 25.8. The van der Waals surface area contributed by atoms with Crippen molar-refractivity contribution in [2.75, 3.05) is 26.2 Å². The summed E-state index contributed by atoms with van der Waals surface area (Å²) in [5.41, 5.74) is 5.64. The number of halogens is 3. The van der Waals surface area contributed by atoms with Crippen LogP contribution >= 0.6 is 0 Å². The summed E-state index contributed by atoms with van der Waals surface area (Å²) in [6.45, 7) is 3.52. The highest BCUT2D eigenvalue weighted by molar-refractivity contribution is 6.04. The Bertz CT molecular complexity index is 1640. The fourth-order valence-corrected chi connectivity index (χ4v) is 6.72. The molecule has 2 atom stereocenters. The fraction of sp³-hybridized carbons (Fsp3) is 0.389. The van der Waals surface area contributed by atoms with E-state index in [-0.39, 0.29) is 24.6 Å². The molecule has 2 N–H and O–H groups in total. The van der Waals surface area contributed by atoms with Crippen molar-refractivity contribution in [2.45, 2.75) is 63.6 Å².